The van der Waals surface area contributed by atoms with Crippen LogP contribution in [0.1, 0.15) is 75.6 Å². The topological polar surface area (TPSA) is 29.5 Å². The summed E-state index contributed by atoms with van der Waals surface area (Å²) in [6.45, 7) is 18.6. The molecule has 0 radical (unpaired) electrons. The smallest absolute Gasteiger partial charge is 0.126 e. The average Bonchev–Trinajstić information content (AvgIpc) is 2.57. The van der Waals surface area contributed by atoms with E-state index in [-0.39, 0.29) is 0 Å². The van der Waals surface area contributed by atoms with Gasteiger partial charge in [0, 0.05) is 0 Å². The van der Waals surface area contributed by atoms with Crippen molar-refractivity contribution in [1.29, 1.82) is 0 Å². The molecule has 2 rings (SSSR count). The molecule has 1 N–H and O–H groups in total. The standard InChI is InChI=1S/C11H17OP.C10H14O.C2H6/c1-8(2)10-6-5-9(3)7-11(10)12-13-4;1-7(2)9-5-4-8(3)6-10(9)11;1-2/h5-8,13H,1-4H3;4-7,11H,1-3H3;1-2H3. The Labute approximate surface area is 162 Å². The molecule has 0 saturated carbocycles. The van der Waals surface area contributed by atoms with Crippen LogP contribution in [0, 0.1) is 13.8 Å². The van der Waals surface area contributed by atoms with E-state index in [1.165, 1.54) is 11.1 Å². The van der Waals surface area contributed by atoms with Gasteiger partial charge in [0.2, 0.25) is 0 Å². The van der Waals surface area contributed by atoms with Gasteiger partial charge in [-0.25, -0.2) is 0 Å². The van der Waals surface area contributed by atoms with Crippen LogP contribution >= 0.6 is 8.81 Å². The highest BCUT2D eigenvalue weighted by Crippen LogP contribution is 2.30. The average molecular weight is 377 g/mol. The van der Waals surface area contributed by atoms with Crippen LogP contribution in [0.5, 0.6) is 11.5 Å². The Hall–Kier alpha value is -1.53. The Bertz CT molecular complexity index is 649. The second-order valence-corrected chi connectivity index (χ2v) is 7.33. The van der Waals surface area contributed by atoms with E-state index in [0.29, 0.717) is 26.4 Å². The number of aryl methyl sites for hydroxylation is 2. The highest BCUT2D eigenvalue weighted by atomic mass is 31.1. The first-order chi connectivity index (χ1) is 12.3. The van der Waals surface area contributed by atoms with Crippen LogP contribution in [0.25, 0.3) is 0 Å². The summed E-state index contributed by atoms with van der Waals surface area (Å²) in [5.74, 6) is 2.40. The lowest BCUT2D eigenvalue weighted by Crippen LogP contribution is -1.92. The van der Waals surface area contributed by atoms with Crippen molar-refractivity contribution < 1.29 is 9.63 Å². The quantitative estimate of drug-likeness (QED) is 0.558. The Kier molecular flexibility index (Phi) is 12.0. The highest BCUT2D eigenvalue weighted by molar-refractivity contribution is 7.31. The molecule has 146 valence electrons. The maximum Gasteiger partial charge on any atom is 0.126 e. The fourth-order valence-electron chi connectivity index (χ4n) is 2.46. The number of phenols is 1. The lowest BCUT2D eigenvalue weighted by atomic mass is 10.0. The van der Waals surface area contributed by atoms with Crippen LogP contribution in [0.3, 0.4) is 0 Å². The van der Waals surface area contributed by atoms with Gasteiger partial charge in [0.05, 0.1) is 8.81 Å². The zero-order valence-electron chi connectivity index (χ0n) is 18.0. The first-order valence-corrected chi connectivity index (χ1v) is 10.9. The van der Waals surface area contributed by atoms with Crippen LogP contribution in [-0.2, 0) is 0 Å². The third kappa shape index (κ3) is 8.23. The minimum atomic E-state index is 0.399. The Morgan fingerprint density at radius 1 is 0.808 bits per heavy atom. The summed E-state index contributed by atoms with van der Waals surface area (Å²) >= 11 is 0. The van der Waals surface area contributed by atoms with Gasteiger partial charge in [0.1, 0.15) is 11.5 Å². The van der Waals surface area contributed by atoms with E-state index in [2.05, 4.69) is 52.8 Å². The van der Waals surface area contributed by atoms with Crippen LogP contribution in [-0.4, -0.2) is 11.8 Å². The van der Waals surface area contributed by atoms with Crippen molar-refractivity contribution in [3.05, 3.63) is 58.7 Å². The van der Waals surface area contributed by atoms with Gasteiger partial charge in [0.15, 0.2) is 0 Å². The lowest BCUT2D eigenvalue weighted by Gasteiger charge is -2.13. The van der Waals surface area contributed by atoms with E-state index in [1.54, 1.807) is 6.07 Å². The van der Waals surface area contributed by atoms with Crippen molar-refractivity contribution >= 4 is 8.81 Å². The monoisotopic (exact) mass is 376 g/mol. The van der Waals surface area contributed by atoms with Crippen molar-refractivity contribution in [3.8, 4) is 11.5 Å². The highest BCUT2D eigenvalue weighted by Gasteiger charge is 2.07. The summed E-state index contributed by atoms with van der Waals surface area (Å²) in [4.78, 5) is 0. The first-order valence-electron chi connectivity index (χ1n) is 9.49. The summed E-state index contributed by atoms with van der Waals surface area (Å²) in [5, 5.41) is 9.46. The molecular formula is C23H37O2P. The van der Waals surface area contributed by atoms with Gasteiger partial charge in [-0.05, 0) is 66.7 Å². The summed E-state index contributed by atoms with van der Waals surface area (Å²) in [6, 6.07) is 12.2. The summed E-state index contributed by atoms with van der Waals surface area (Å²) in [6.07, 6.45) is 0. The lowest BCUT2D eigenvalue weighted by molar-refractivity contribution is 0.464. The SMILES string of the molecule is CC.CPOc1cc(C)ccc1C(C)C.Cc1ccc(C(C)C)c(O)c1. The number of benzene rings is 2. The molecule has 0 amide bonds. The van der Waals surface area contributed by atoms with Gasteiger partial charge >= 0.3 is 0 Å². The van der Waals surface area contributed by atoms with Crippen molar-refractivity contribution in [2.45, 2.75) is 67.2 Å². The molecule has 2 aromatic rings. The summed E-state index contributed by atoms with van der Waals surface area (Å²) < 4.78 is 5.61. The van der Waals surface area contributed by atoms with Gasteiger partial charge in [-0.15, -0.1) is 0 Å². The number of rotatable bonds is 4. The Balaban J connectivity index is 0.000000444. The molecule has 3 heteroatoms. The van der Waals surface area contributed by atoms with Crippen molar-refractivity contribution in [2.75, 3.05) is 6.66 Å². The number of phenolic OH excluding ortho intramolecular Hbond substituents is 1. The van der Waals surface area contributed by atoms with Gasteiger partial charge < -0.3 is 9.63 Å². The molecular weight excluding hydrogens is 339 g/mol. The third-order valence-electron chi connectivity index (χ3n) is 3.81. The maximum atomic E-state index is 9.46. The summed E-state index contributed by atoms with van der Waals surface area (Å²) in [5.41, 5.74) is 4.69. The van der Waals surface area contributed by atoms with Crippen LogP contribution in [0.15, 0.2) is 36.4 Å². The van der Waals surface area contributed by atoms with Crippen LogP contribution < -0.4 is 4.52 Å². The molecule has 0 saturated heterocycles. The molecule has 2 nitrogen and oxygen atoms in total. The van der Waals surface area contributed by atoms with E-state index >= 15 is 0 Å². The van der Waals surface area contributed by atoms with Crippen molar-refractivity contribution in [2.24, 2.45) is 0 Å². The Morgan fingerprint density at radius 2 is 1.27 bits per heavy atom. The zero-order valence-corrected chi connectivity index (χ0v) is 19.0. The second-order valence-electron chi connectivity index (χ2n) is 6.72. The molecule has 0 fully saturated rings. The fraction of sp³-hybridized carbons (Fsp3) is 0.478. The minimum absolute atomic E-state index is 0.399. The first kappa shape index (κ1) is 24.5. The molecule has 1 atom stereocenters. The number of aromatic hydroxyl groups is 1. The third-order valence-corrected chi connectivity index (χ3v) is 4.24. The van der Waals surface area contributed by atoms with Gasteiger partial charge in [-0.2, -0.15) is 0 Å². The largest absolute Gasteiger partial charge is 0.508 e. The Morgan fingerprint density at radius 3 is 1.69 bits per heavy atom. The van der Waals surface area contributed by atoms with Crippen LogP contribution in [0.4, 0.5) is 0 Å². The molecule has 2 aromatic carbocycles. The molecule has 0 bridgehead atoms. The zero-order chi connectivity index (χ0) is 20.3. The maximum absolute atomic E-state index is 9.46. The van der Waals surface area contributed by atoms with Crippen LogP contribution in [0.2, 0.25) is 0 Å². The summed E-state index contributed by atoms with van der Waals surface area (Å²) in [7, 11) is 0.521. The van der Waals surface area contributed by atoms with E-state index in [0.717, 1.165) is 16.9 Å². The van der Waals surface area contributed by atoms with E-state index < -0.39 is 0 Å². The molecule has 0 aliphatic rings. The number of hydrogen-bond acceptors (Lipinski definition) is 2. The normalized spacial score (nSPS) is 10.4. The van der Waals surface area contributed by atoms with E-state index in [9.17, 15) is 5.11 Å². The molecule has 1 unspecified atom stereocenters. The minimum Gasteiger partial charge on any atom is -0.508 e. The second kappa shape index (κ2) is 12.8. The molecule has 0 aromatic heterocycles. The molecule has 0 heterocycles. The van der Waals surface area contributed by atoms with Crippen molar-refractivity contribution in [3.63, 3.8) is 0 Å². The predicted molar refractivity (Wildman–Crippen MR) is 118 cm³/mol. The molecule has 0 aliphatic carbocycles. The van der Waals surface area contributed by atoms with Gasteiger partial charge in [0.25, 0.3) is 0 Å². The van der Waals surface area contributed by atoms with Gasteiger partial charge in [-0.3, -0.25) is 0 Å². The fourth-order valence-corrected chi connectivity index (χ4v) is 2.86. The predicted octanol–water partition coefficient (Wildman–Crippen LogP) is 7.57. The van der Waals surface area contributed by atoms with Crippen molar-refractivity contribution in [1.82, 2.24) is 0 Å². The molecule has 26 heavy (non-hydrogen) atoms. The van der Waals surface area contributed by atoms with Gasteiger partial charge in [-0.1, -0.05) is 65.8 Å². The molecule has 0 spiro atoms. The number of hydrogen-bond donors (Lipinski definition) is 1. The van der Waals surface area contributed by atoms with E-state index in [1.807, 2.05) is 39.6 Å². The van der Waals surface area contributed by atoms with E-state index in [4.69, 9.17) is 4.52 Å². The molecule has 0 aliphatic heterocycles.